The molecule has 5 heteroatoms. The van der Waals surface area contributed by atoms with E-state index in [-0.39, 0.29) is 5.97 Å². The van der Waals surface area contributed by atoms with Crippen molar-refractivity contribution in [2.75, 3.05) is 13.2 Å². The van der Waals surface area contributed by atoms with Crippen LogP contribution >= 0.6 is 0 Å². The quantitative estimate of drug-likeness (QED) is 0.816. The molecule has 0 saturated carbocycles. The highest BCUT2D eigenvalue weighted by Crippen LogP contribution is 2.13. The van der Waals surface area contributed by atoms with Crippen LogP contribution in [0, 0.1) is 0 Å². The number of esters is 1. The van der Waals surface area contributed by atoms with E-state index in [4.69, 9.17) is 9.47 Å². The van der Waals surface area contributed by atoms with Crippen molar-refractivity contribution < 1.29 is 19.1 Å². The van der Waals surface area contributed by atoms with Gasteiger partial charge in [0.15, 0.2) is 0 Å². The van der Waals surface area contributed by atoms with E-state index >= 15 is 0 Å². The molecule has 1 N–H and O–H groups in total. The summed E-state index contributed by atoms with van der Waals surface area (Å²) in [6.07, 6.45) is 0.345. The summed E-state index contributed by atoms with van der Waals surface area (Å²) in [4.78, 5) is 22.6. The largest absolute Gasteiger partial charge is 0.462 e. The predicted octanol–water partition coefficient (Wildman–Crippen LogP) is 2.36. The Kier molecular flexibility index (Phi) is 5.70. The minimum Gasteiger partial charge on any atom is -0.462 e. The summed E-state index contributed by atoms with van der Waals surface area (Å²) in [5.74, 6) is -0.00358. The highest BCUT2D eigenvalue weighted by molar-refractivity contribution is 5.89. The Hall–Kier alpha value is -2.04. The monoisotopic (exact) mass is 251 g/mol. The van der Waals surface area contributed by atoms with Crippen molar-refractivity contribution in [3.05, 3.63) is 29.8 Å². The number of rotatable bonds is 5. The van der Waals surface area contributed by atoms with Crippen molar-refractivity contribution >= 4 is 12.1 Å². The summed E-state index contributed by atoms with van der Waals surface area (Å²) < 4.78 is 9.85. The standard InChI is InChI=1S/C13H17NO4/c1-3-9-14-13(16)18-11-7-5-10(6-8-11)12(15)17-4-2/h5-8H,3-4,9H2,1-2H3,(H,14,16). The lowest BCUT2D eigenvalue weighted by atomic mass is 10.2. The van der Waals surface area contributed by atoms with E-state index in [1.165, 1.54) is 0 Å². The van der Waals surface area contributed by atoms with Gasteiger partial charge in [-0.15, -0.1) is 0 Å². The zero-order chi connectivity index (χ0) is 13.4. The maximum Gasteiger partial charge on any atom is 0.412 e. The first-order valence-corrected chi connectivity index (χ1v) is 5.90. The van der Waals surface area contributed by atoms with Gasteiger partial charge >= 0.3 is 12.1 Å². The predicted molar refractivity (Wildman–Crippen MR) is 66.7 cm³/mol. The number of benzene rings is 1. The summed E-state index contributed by atoms with van der Waals surface area (Å²) in [5, 5.41) is 2.59. The van der Waals surface area contributed by atoms with Crippen molar-refractivity contribution in [1.82, 2.24) is 5.32 Å². The maximum atomic E-state index is 11.4. The Morgan fingerprint density at radius 2 is 1.83 bits per heavy atom. The van der Waals surface area contributed by atoms with Crippen LogP contribution in [0.5, 0.6) is 5.75 Å². The van der Waals surface area contributed by atoms with Crippen LogP contribution < -0.4 is 10.1 Å². The van der Waals surface area contributed by atoms with Crippen LogP contribution in [0.25, 0.3) is 0 Å². The molecule has 18 heavy (non-hydrogen) atoms. The van der Waals surface area contributed by atoms with Crippen LogP contribution in [0.15, 0.2) is 24.3 Å². The van der Waals surface area contributed by atoms with E-state index in [0.29, 0.717) is 24.5 Å². The number of hydrogen-bond acceptors (Lipinski definition) is 4. The van der Waals surface area contributed by atoms with Gasteiger partial charge in [-0.3, -0.25) is 0 Å². The summed E-state index contributed by atoms with van der Waals surface area (Å²) in [5.41, 5.74) is 0.429. The van der Waals surface area contributed by atoms with Crippen LogP contribution in [0.3, 0.4) is 0 Å². The van der Waals surface area contributed by atoms with Crippen molar-refractivity contribution in [3.63, 3.8) is 0 Å². The molecule has 1 aromatic rings. The molecule has 0 spiro atoms. The van der Waals surface area contributed by atoms with Crippen molar-refractivity contribution in [3.8, 4) is 5.75 Å². The Morgan fingerprint density at radius 1 is 1.17 bits per heavy atom. The minimum absolute atomic E-state index is 0.330. The molecule has 0 bridgehead atoms. The molecule has 1 amide bonds. The van der Waals surface area contributed by atoms with Gasteiger partial charge in [0.2, 0.25) is 0 Å². The van der Waals surface area contributed by atoms with E-state index in [1.54, 1.807) is 31.2 Å². The van der Waals surface area contributed by atoms with Crippen molar-refractivity contribution in [2.24, 2.45) is 0 Å². The average Bonchev–Trinajstić information content (AvgIpc) is 2.37. The minimum atomic E-state index is -0.499. The average molecular weight is 251 g/mol. The van der Waals surface area contributed by atoms with E-state index in [2.05, 4.69) is 5.32 Å². The summed E-state index contributed by atoms with van der Waals surface area (Å²) in [6.45, 7) is 4.60. The Morgan fingerprint density at radius 3 is 2.39 bits per heavy atom. The number of nitrogens with one attached hydrogen (secondary N) is 1. The number of hydrogen-bond donors (Lipinski definition) is 1. The smallest absolute Gasteiger partial charge is 0.412 e. The molecule has 0 fully saturated rings. The molecule has 0 aromatic heterocycles. The molecule has 0 saturated heterocycles. The first-order chi connectivity index (χ1) is 8.67. The summed E-state index contributed by atoms with van der Waals surface area (Å²) in [7, 11) is 0. The van der Waals surface area contributed by atoms with Gasteiger partial charge in [0.1, 0.15) is 5.75 Å². The molecule has 0 aliphatic heterocycles. The molecule has 0 aliphatic rings. The van der Waals surface area contributed by atoms with E-state index in [0.717, 1.165) is 6.42 Å². The van der Waals surface area contributed by atoms with Crippen LogP contribution in [0.2, 0.25) is 0 Å². The fourth-order valence-electron chi connectivity index (χ4n) is 1.24. The van der Waals surface area contributed by atoms with Crippen LogP contribution in [-0.4, -0.2) is 25.2 Å². The molecule has 0 radical (unpaired) electrons. The maximum absolute atomic E-state index is 11.4. The van der Waals surface area contributed by atoms with Crippen molar-refractivity contribution in [1.29, 1.82) is 0 Å². The fraction of sp³-hybridized carbons (Fsp3) is 0.385. The normalized spacial score (nSPS) is 9.67. The fourth-order valence-corrected chi connectivity index (χ4v) is 1.24. The van der Waals surface area contributed by atoms with Gasteiger partial charge in [0, 0.05) is 6.54 Å². The number of amides is 1. The first kappa shape index (κ1) is 14.0. The molecule has 5 nitrogen and oxygen atoms in total. The molecule has 98 valence electrons. The van der Waals surface area contributed by atoms with Gasteiger partial charge < -0.3 is 14.8 Å². The lowest BCUT2D eigenvalue weighted by Gasteiger charge is -2.06. The third kappa shape index (κ3) is 4.45. The molecule has 0 atom stereocenters. The Labute approximate surface area is 106 Å². The Balaban J connectivity index is 2.55. The summed E-state index contributed by atoms with van der Waals surface area (Å²) in [6, 6.07) is 6.22. The Bertz CT molecular complexity index is 400. The zero-order valence-electron chi connectivity index (χ0n) is 10.6. The molecule has 0 heterocycles. The van der Waals surface area contributed by atoms with Gasteiger partial charge in [-0.2, -0.15) is 0 Å². The highest BCUT2D eigenvalue weighted by Gasteiger charge is 2.07. The lowest BCUT2D eigenvalue weighted by molar-refractivity contribution is 0.0526. The topological polar surface area (TPSA) is 64.6 Å². The van der Waals surface area contributed by atoms with Gasteiger partial charge in [-0.1, -0.05) is 6.92 Å². The van der Waals surface area contributed by atoms with E-state index in [9.17, 15) is 9.59 Å². The molecule has 0 aliphatic carbocycles. The second kappa shape index (κ2) is 7.32. The molecule has 1 rings (SSSR count). The number of carbonyl (C=O) groups excluding carboxylic acids is 2. The van der Waals surface area contributed by atoms with Crippen molar-refractivity contribution in [2.45, 2.75) is 20.3 Å². The molecule has 0 unspecified atom stereocenters. The first-order valence-electron chi connectivity index (χ1n) is 5.90. The third-order valence-electron chi connectivity index (χ3n) is 2.10. The lowest BCUT2D eigenvalue weighted by Crippen LogP contribution is -2.27. The van der Waals surface area contributed by atoms with Crippen LogP contribution in [0.4, 0.5) is 4.79 Å². The van der Waals surface area contributed by atoms with Gasteiger partial charge in [-0.05, 0) is 37.6 Å². The van der Waals surface area contributed by atoms with E-state index < -0.39 is 6.09 Å². The van der Waals surface area contributed by atoms with Gasteiger partial charge in [0.05, 0.1) is 12.2 Å². The van der Waals surface area contributed by atoms with Gasteiger partial charge in [-0.25, -0.2) is 9.59 Å². The molecular weight excluding hydrogens is 234 g/mol. The molecule has 1 aromatic carbocycles. The second-order valence-electron chi connectivity index (χ2n) is 3.56. The second-order valence-corrected chi connectivity index (χ2v) is 3.56. The van der Waals surface area contributed by atoms with Gasteiger partial charge in [0.25, 0.3) is 0 Å². The summed E-state index contributed by atoms with van der Waals surface area (Å²) >= 11 is 0. The number of ether oxygens (including phenoxy) is 2. The zero-order valence-corrected chi connectivity index (χ0v) is 10.6. The number of carbonyl (C=O) groups is 2. The third-order valence-corrected chi connectivity index (χ3v) is 2.10. The van der Waals surface area contributed by atoms with E-state index in [1.807, 2.05) is 6.92 Å². The SMILES string of the molecule is CCCNC(=O)Oc1ccc(C(=O)OCC)cc1. The molecular formula is C13H17NO4. The van der Waals surface area contributed by atoms with Crippen LogP contribution in [-0.2, 0) is 4.74 Å². The highest BCUT2D eigenvalue weighted by atomic mass is 16.6. The van der Waals surface area contributed by atoms with Crippen LogP contribution in [0.1, 0.15) is 30.6 Å².